The van der Waals surface area contributed by atoms with E-state index >= 15 is 0 Å². The van der Waals surface area contributed by atoms with Crippen molar-refractivity contribution in [3.05, 3.63) is 48.6 Å². The summed E-state index contributed by atoms with van der Waals surface area (Å²) in [6.45, 7) is 13.3. The quantitative estimate of drug-likeness (QED) is 0.186. The van der Waals surface area contributed by atoms with E-state index in [1.807, 2.05) is 0 Å². The molecule has 18 fully saturated rings. The summed E-state index contributed by atoms with van der Waals surface area (Å²) < 4.78 is 2.68. The Morgan fingerprint density at radius 2 is 1.00 bits per heavy atom. The van der Waals surface area contributed by atoms with E-state index in [1.54, 1.807) is 70.4 Å². The van der Waals surface area contributed by atoms with Gasteiger partial charge in [0.1, 0.15) is 0 Å². The molecule has 0 aromatic carbocycles. The van der Waals surface area contributed by atoms with Gasteiger partial charge in [0, 0.05) is 0 Å². The van der Waals surface area contributed by atoms with Gasteiger partial charge in [-0.1, -0.05) is 0 Å². The van der Waals surface area contributed by atoms with Gasteiger partial charge in [-0.25, -0.2) is 0 Å². The van der Waals surface area contributed by atoms with Crippen molar-refractivity contribution in [1.29, 1.82) is 0 Å². The molecular formula is C46H64FeN4P2Si2. The van der Waals surface area contributed by atoms with E-state index < -0.39 is 22.7 Å². The molecule has 8 saturated carbocycles. The summed E-state index contributed by atoms with van der Waals surface area (Å²) in [6.07, 6.45) is 26.4. The van der Waals surface area contributed by atoms with Crippen molar-refractivity contribution >= 4 is 33.3 Å². The van der Waals surface area contributed by atoms with Crippen molar-refractivity contribution in [2.45, 2.75) is 165 Å². The molecular weight excluding hydrogens is 782 g/mol. The molecule has 4 nitrogen and oxygen atoms in total. The first kappa shape index (κ1) is 30.9. The molecule has 55 heavy (non-hydrogen) atoms. The maximum absolute atomic E-state index is 5.43. The van der Waals surface area contributed by atoms with Crippen LogP contribution in [0.15, 0.2) is 36.9 Å². The first-order chi connectivity index (χ1) is 26.1. The molecule has 8 bridgehead atoms. The topological polar surface area (TPSA) is 51.6 Å². The molecule has 10 saturated heterocycles. The molecule has 9 heteroatoms. The van der Waals surface area contributed by atoms with E-state index in [2.05, 4.69) is 85.4 Å². The zero-order chi connectivity index (χ0) is 36.6. The summed E-state index contributed by atoms with van der Waals surface area (Å²) in [4.78, 5) is 28.8. The van der Waals surface area contributed by atoms with Crippen LogP contribution in [0.4, 0.5) is 0 Å². The van der Waals surface area contributed by atoms with Crippen LogP contribution in [-0.4, -0.2) is 53.6 Å². The predicted molar refractivity (Wildman–Crippen MR) is 228 cm³/mol. The number of aromatic nitrogens is 4. The van der Waals surface area contributed by atoms with Crippen LogP contribution >= 0.6 is 17.2 Å². The zero-order valence-electron chi connectivity index (χ0n) is 34.1. The monoisotopic (exact) mass is 846 g/mol. The van der Waals surface area contributed by atoms with Crippen molar-refractivity contribution in [2.75, 3.05) is 6.16 Å². The van der Waals surface area contributed by atoms with Crippen LogP contribution in [0.25, 0.3) is 0 Å². The molecule has 8 aliphatic carbocycles. The fourth-order valence-corrected chi connectivity index (χ4v) is 182. The summed E-state index contributed by atoms with van der Waals surface area (Å²) >= 11 is 0. The third-order valence-corrected chi connectivity index (χ3v) is 98.0. The van der Waals surface area contributed by atoms with Crippen LogP contribution in [0, 0.1) is 47.3 Å². The Kier molecular flexibility index (Phi) is 3.13. The Morgan fingerprint density at radius 1 is 0.618 bits per heavy atom. The summed E-state index contributed by atoms with van der Waals surface area (Å²) in [5, 5.41) is -0.325. The molecule has 10 aliphatic heterocycles. The Labute approximate surface area is 325 Å². The van der Waals surface area contributed by atoms with Gasteiger partial charge in [-0.3, -0.25) is 0 Å². The van der Waals surface area contributed by atoms with Crippen LogP contribution in [0.5, 0.6) is 0 Å². The number of hydrogen-bond donors (Lipinski definition) is 0. The molecule has 18 aliphatic rings. The normalized spacial score (nSPS) is 70.6. The second kappa shape index (κ2) is 5.56. The van der Waals surface area contributed by atoms with Gasteiger partial charge in [-0.15, -0.1) is 0 Å². The van der Waals surface area contributed by atoms with Gasteiger partial charge in [0.15, 0.2) is 0 Å². The maximum atomic E-state index is 5.43. The van der Waals surface area contributed by atoms with E-state index in [0.29, 0.717) is 8.63 Å². The fourth-order valence-electron chi connectivity index (χ4n) is 34.8. The molecule has 6 unspecified atom stereocenters. The third kappa shape index (κ3) is 1.02. The van der Waals surface area contributed by atoms with E-state index in [4.69, 9.17) is 19.9 Å². The van der Waals surface area contributed by atoms with Crippen LogP contribution in [-0.2, 0) is 11.7 Å². The third-order valence-electron chi connectivity index (χ3n) is 29.5. The summed E-state index contributed by atoms with van der Waals surface area (Å²) in [6, 6.07) is 4.17. The molecule has 2 aromatic heterocycles. The van der Waals surface area contributed by atoms with Gasteiger partial charge < -0.3 is 0 Å². The first-order valence-electron chi connectivity index (χ1n) is 23.4. The van der Waals surface area contributed by atoms with Crippen LogP contribution in [0.2, 0.25) is 84.7 Å². The Balaban J connectivity index is 0.962. The van der Waals surface area contributed by atoms with E-state index in [1.165, 1.54) is 24.1 Å². The molecule has 6 atom stereocenters. The number of nitrogens with zero attached hydrogens (tertiary/aromatic N) is 4. The average molecular weight is 847 g/mol. The SMILES string of the molecule is C[Si](C)(C)[C]12[CH]3[C]4(C(P)(c5ncccn5)c5ncccn5)[C]5(CP(C6C7CC8CC(C7)CC6C8)C6C7CC8CC(C7)CC6C8)[C]1([Si](C)(C)C)[Fe]35421678[CH]2[CH]1[CH]6[CH]7[CH]28. The molecule has 0 amide bonds. The minimum absolute atomic E-state index is 0.0388. The number of rotatable bonds is 9. The van der Waals surface area contributed by atoms with Crippen molar-refractivity contribution in [2.24, 2.45) is 47.3 Å². The van der Waals surface area contributed by atoms with Crippen molar-refractivity contribution < 1.29 is 6.51 Å². The summed E-state index contributed by atoms with van der Waals surface area (Å²) in [5.74, 6) is 10.9. The standard InChI is InChI=1S/C41H59N4P2Si2.C5H5.Fe/c1-48(2,3)35-23-34(41(46,39-42-9-7-10-43-39)40-44-11-8-12-45-40)33(38(35)49(4,5)6)24-47(36-29-15-25-13-26(17-29)18-30(36)16-25)37-31-19-27-14-28(21-31)22-32(37)20-27;1-2-4-5-3-1;/h7-12,23,25-32,36-37H,13-22,24,46H2,1-6H3;1-5H;. The van der Waals surface area contributed by atoms with Gasteiger partial charge in [0.05, 0.1) is 0 Å². The fraction of sp³-hybridized carbons (Fsp3) is 0.826. The average Bonchev–Trinajstić information content (AvgIpc) is 4.09. The van der Waals surface area contributed by atoms with Gasteiger partial charge in [-0.2, -0.15) is 0 Å². The number of fused-ring (bicyclic) bond motifs is 10. The van der Waals surface area contributed by atoms with Crippen LogP contribution in [0.1, 0.15) is 75.9 Å². The van der Waals surface area contributed by atoms with Gasteiger partial charge >= 0.3 is 327 Å². The number of hydrogen-bond acceptors (Lipinski definition) is 4. The van der Waals surface area contributed by atoms with Gasteiger partial charge in [0.25, 0.3) is 0 Å². The Hall–Kier alpha value is -0.0268. The molecule has 0 N–H and O–H groups in total. The summed E-state index contributed by atoms with van der Waals surface area (Å²) in [5.41, 5.74) is 2.20. The minimum atomic E-state index is -4.69. The van der Waals surface area contributed by atoms with E-state index in [9.17, 15) is 0 Å². The van der Waals surface area contributed by atoms with Crippen LogP contribution < -0.4 is 0 Å². The van der Waals surface area contributed by atoms with Gasteiger partial charge in [-0.05, 0) is 0 Å². The first-order valence-corrected chi connectivity index (χ1v) is 38.7. The molecule has 294 valence electrons. The molecule has 2 aromatic rings. The molecule has 0 radical (unpaired) electrons. The second-order valence-electron chi connectivity index (χ2n) is 28.0. The predicted octanol–water partition coefficient (Wildman–Crippen LogP) is 12.1. The Bertz CT molecular complexity index is 2510. The van der Waals surface area contributed by atoms with Crippen molar-refractivity contribution in [3.63, 3.8) is 0 Å². The zero-order valence-corrected chi connectivity index (χ0v) is 39.3. The Morgan fingerprint density at radius 3 is 1.33 bits per heavy atom. The second-order valence-corrected chi connectivity index (χ2v) is 65.6. The van der Waals surface area contributed by atoms with Crippen LogP contribution in [0.3, 0.4) is 0 Å². The molecule has 12 heterocycles. The van der Waals surface area contributed by atoms with E-state index in [-0.39, 0.29) is 13.1 Å². The molecule has 20 rings (SSSR count). The van der Waals surface area contributed by atoms with Gasteiger partial charge in [0.2, 0.25) is 0 Å². The summed E-state index contributed by atoms with van der Waals surface area (Å²) in [7, 11) is 0.474. The van der Waals surface area contributed by atoms with E-state index in [0.717, 1.165) is 83.0 Å². The molecule has 1 spiro atoms. The van der Waals surface area contributed by atoms with Crippen molar-refractivity contribution in [1.82, 2.24) is 19.9 Å². The van der Waals surface area contributed by atoms with Crippen molar-refractivity contribution in [3.8, 4) is 0 Å².